The molecule has 3 atom stereocenters. The lowest BCUT2D eigenvalue weighted by Gasteiger charge is -2.18. The third-order valence-electron chi connectivity index (χ3n) is 6.76. The van der Waals surface area contributed by atoms with Gasteiger partial charge in [-0.3, -0.25) is 4.79 Å². The number of fused-ring (bicyclic) bond motifs is 1. The van der Waals surface area contributed by atoms with Crippen molar-refractivity contribution in [3.63, 3.8) is 0 Å². The van der Waals surface area contributed by atoms with Gasteiger partial charge in [-0.1, -0.05) is 38.1 Å². The number of hydrogen-bond donors (Lipinski definition) is 1. The molecule has 1 N–H and O–H groups in total. The number of nitrogens with one attached hydrogen (secondary N) is 1. The van der Waals surface area contributed by atoms with Gasteiger partial charge in [0.2, 0.25) is 5.91 Å². The zero-order valence-electron chi connectivity index (χ0n) is 20.6. The number of hydrogen-bond acceptors (Lipinski definition) is 4. The molecular formula is C28H37N3O3. The van der Waals surface area contributed by atoms with E-state index in [0.717, 1.165) is 61.3 Å². The number of para-hydroxylation sites is 2. The van der Waals surface area contributed by atoms with E-state index in [1.165, 1.54) is 5.56 Å². The van der Waals surface area contributed by atoms with Gasteiger partial charge >= 0.3 is 0 Å². The first-order valence-electron chi connectivity index (χ1n) is 12.7. The third kappa shape index (κ3) is 5.79. The third-order valence-corrected chi connectivity index (χ3v) is 6.76. The van der Waals surface area contributed by atoms with Gasteiger partial charge in [-0.25, -0.2) is 4.98 Å². The Morgan fingerprint density at radius 3 is 2.71 bits per heavy atom. The molecule has 1 amide bonds. The van der Waals surface area contributed by atoms with E-state index in [1.807, 2.05) is 25.1 Å². The van der Waals surface area contributed by atoms with Crippen LogP contribution in [0.2, 0.25) is 0 Å². The molecule has 3 aromatic rings. The zero-order chi connectivity index (χ0) is 23.9. The average Bonchev–Trinajstić information content (AvgIpc) is 3.52. The second-order valence-corrected chi connectivity index (χ2v) is 9.28. The smallest absolute Gasteiger partial charge is 0.249 e. The number of carbonyl (C=O) groups excluding carboxylic acids is 1. The lowest BCUT2D eigenvalue weighted by molar-refractivity contribution is -0.130. The molecular weight excluding hydrogens is 426 g/mol. The van der Waals surface area contributed by atoms with Crippen LogP contribution in [0, 0.1) is 0 Å². The number of nitrogens with zero attached hydrogens (tertiary/aromatic N) is 2. The topological polar surface area (TPSA) is 65.4 Å². The Hall–Kier alpha value is -2.86. The molecule has 0 aliphatic carbocycles. The average molecular weight is 464 g/mol. The zero-order valence-corrected chi connectivity index (χ0v) is 20.6. The van der Waals surface area contributed by atoms with Crippen LogP contribution < -0.4 is 10.1 Å². The second-order valence-electron chi connectivity index (χ2n) is 9.28. The molecule has 0 bridgehead atoms. The van der Waals surface area contributed by atoms with Crippen LogP contribution in [0.1, 0.15) is 76.2 Å². The maximum Gasteiger partial charge on any atom is 0.249 e. The van der Waals surface area contributed by atoms with Gasteiger partial charge in [0.1, 0.15) is 17.7 Å². The monoisotopic (exact) mass is 463 g/mol. The van der Waals surface area contributed by atoms with Gasteiger partial charge in [-0.2, -0.15) is 0 Å². The first-order valence-corrected chi connectivity index (χ1v) is 12.7. The Labute approximate surface area is 202 Å². The Morgan fingerprint density at radius 1 is 1.18 bits per heavy atom. The molecule has 182 valence electrons. The lowest BCUT2D eigenvalue weighted by atomic mass is 9.99. The molecule has 1 saturated heterocycles. The van der Waals surface area contributed by atoms with Crippen molar-refractivity contribution in [2.24, 2.45) is 0 Å². The minimum atomic E-state index is -0.336. The molecule has 34 heavy (non-hydrogen) atoms. The summed E-state index contributed by atoms with van der Waals surface area (Å²) in [6.07, 6.45) is 4.43. The van der Waals surface area contributed by atoms with Crippen molar-refractivity contribution in [1.29, 1.82) is 0 Å². The predicted molar refractivity (Wildman–Crippen MR) is 135 cm³/mol. The van der Waals surface area contributed by atoms with Crippen LogP contribution in [0.5, 0.6) is 5.75 Å². The fourth-order valence-electron chi connectivity index (χ4n) is 4.51. The summed E-state index contributed by atoms with van der Waals surface area (Å²) in [5.74, 6) is 2.34. The Balaban J connectivity index is 1.34. The van der Waals surface area contributed by atoms with Crippen LogP contribution in [0.3, 0.4) is 0 Å². The molecule has 1 fully saturated rings. The first-order chi connectivity index (χ1) is 16.6. The number of aromatic nitrogens is 2. The van der Waals surface area contributed by atoms with Crippen molar-refractivity contribution in [1.82, 2.24) is 14.9 Å². The van der Waals surface area contributed by atoms with Crippen molar-refractivity contribution in [3.05, 3.63) is 59.9 Å². The normalized spacial score (nSPS) is 17.6. The molecule has 0 saturated carbocycles. The van der Waals surface area contributed by atoms with Gasteiger partial charge in [0.15, 0.2) is 0 Å². The molecule has 3 unspecified atom stereocenters. The van der Waals surface area contributed by atoms with Gasteiger partial charge in [0.05, 0.1) is 23.7 Å². The number of carbonyl (C=O) groups is 1. The molecule has 6 heteroatoms. The predicted octanol–water partition coefficient (Wildman–Crippen LogP) is 5.77. The van der Waals surface area contributed by atoms with Crippen molar-refractivity contribution >= 4 is 16.9 Å². The van der Waals surface area contributed by atoms with Gasteiger partial charge < -0.3 is 19.4 Å². The number of amides is 1. The molecule has 6 nitrogen and oxygen atoms in total. The van der Waals surface area contributed by atoms with Crippen molar-refractivity contribution in [2.75, 3.05) is 13.2 Å². The maximum absolute atomic E-state index is 12.6. The van der Waals surface area contributed by atoms with Gasteiger partial charge in [0, 0.05) is 13.2 Å². The number of ether oxygens (including phenoxy) is 2. The minimum absolute atomic E-state index is 0.0450. The summed E-state index contributed by atoms with van der Waals surface area (Å²) in [5.41, 5.74) is 3.40. The summed E-state index contributed by atoms with van der Waals surface area (Å²) >= 11 is 0. The summed E-state index contributed by atoms with van der Waals surface area (Å²) < 4.78 is 13.7. The molecule has 1 aromatic heterocycles. The van der Waals surface area contributed by atoms with E-state index < -0.39 is 0 Å². The van der Waals surface area contributed by atoms with Crippen LogP contribution in [0.25, 0.3) is 11.0 Å². The standard InChI is InChI=1S/C28H37N3O3/c1-4-20(2)22-13-15-23(16-14-22)33-18-8-7-17-31-25-11-6-5-10-24(25)30-27(31)21(3)29-28(32)26-12-9-19-34-26/h5-6,10-11,13-16,20-21,26H,4,7-9,12,17-19H2,1-3H3,(H,29,32). The van der Waals surface area contributed by atoms with Crippen LogP contribution in [-0.2, 0) is 16.1 Å². The quantitative estimate of drug-likeness (QED) is 0.367. The van der Waals surface area contributed by atoms with E-state index in [9.17, 15) is 4.79 Å². The van der Waals surface area contributed by atoms with Gasteiger partial charge in [-0.05, 0) is 74.8 Å². The number of unbranched alkanes of at least 4 members (excludes halogenated alkanes) is 1. The van der Waals surface area contributed by atoms with E-state index >= 15 is 0 Å². The lowest BCUT2D eigenvalue weighted by Crippen LogP contribution is -2.36. The highest BCUT2D eigenvalue weighted by molar-refractivity contribution is 5.81. The Kier molecular flexibility index (Phi) is 8.22. The van der Waals surface area contributed by atoms with Crippen LogP contribution >= 0.6 is 0 Å². The maximum atomic E-state index is 12.6. The van der Waals surface area contributed by atoms with Crippen molar-refractivity contribution < 1.29 is 14.3 Å². The van der Waals surface area contributed by atoms with Crippen LogP contribution in [0.4, 0.5) is 0 Å². The van der Waals surface area contributed by atoms with E-state index in [0.29, 0.717) is 19.1 Å². The molecule has 4 rings (SSSR count). The van der Waals surface area contributed by atoms with E-state index in [-0.39, 0.29) is 18.1 Å². The SMILES string of the molecule is CCC(C)c1ccc(OCCCCn2c(C(C)NC(=O)C3CCCO3)nc3ccccc32)cc1. The van der Waals surface area contributed by atoms with Crippen LogP contribution in [0.15, 0.2) is 48.5 Å². The molecule has 1 aliphatic rings. The van der Waals surface area contributed by atoms with Crippen molar-refractivity contribution in [3.8, 4) is 5.75 Å². The summed E-state index contributed by atoms with van der Waals surface area (Å²) in [5, 5.41) is 3.11. The van der Waals surface area contributed by atoms with Crippen LogP contribution in [-0.4, -0.2) is 34.8 Å². The summed E-state index contributed by atoms with van der Waals surface area (Å²) in [6, 6.07) is 16.4. The summed E-state index contributed by atoms with van der Waals surface area (Å²) in [6.45, 7) is 8.62. The minimum Gasteiger partial charge on any atom is -0.494 e. The molecule has 0 spiro atoms. The number of imidazole rings is 1. The summed E-state index contributed by atoms with van der Waals surface area (Å²) in [7, 11) is 0. The number of benzene rings is 2. The van der Waals surface area contributed by atoms with E-state index in [1.54, 1.807) is 0 Å². The number of aryl methyl sites for hydroxylation is 1. The summed E-state index contributed by atoms with van der Waals surface area (Å²) in [4.78, 5) is 17.4. The highest BCUT2D eigenvalue weighted by Gasteiger charge is 2.26. The first kappa shape index (κ1) is 24.3. The molecule has 2 aromatic carbocycles. The Morgan fingerprint density at radius 2 is 1.97 bits per heavy atom. The fourth-order valence-corrected chi connectivity index (χ4v) is 4.51. The van der Waals surface area contributed by atoms with E-state index in [2.05, 4.69) is 54.1 Å². The van der Waals surface area contributed by atoms with Crippen molar-refractivity contribution in [2.45, 2.75) is 77.5 Å². The van der Waals surface area contributed by atoms with E-state index in [4.69, 9.17) is 14.5 Å². The second kappa shape index (κ2) is 11.5. The Bertz CT molecular complexity index is 1070. The van der Waals surface area contributed by atoms with Gasteiger partial charge in [0.25, 0.3) is 0 Å². The molecule has 1 aliphatic heterocycles. The largest absolute Gasteiger partial charge is 0.494 e. The fraction of sp³-hybridized carbons (Fsp3) is 0.500. The highest BCUT2D eigenvalue weighted by atomic mass is 16.5. The highest BCUT2D eigenvalue weighted by Crippen LogP contribution is 2.24. The van der Waals surface area contributed by atoms with Gasteiger partial charge in [-0.15, -0.1) is 0 Å². The molecule has 2 heterocycles. The molecule has 0 radical (unpaired) electrons. The number of rotatable bonds is 11.